The summed E-state index contributed by atoms with van der Waals surface area (Å²) < 4.78 is 13.2. The molecule has 0 radical (unpaired) electrons. The smallest absolute Gasteiger partial charge is 0.256 e. The van der Waals surface area contributed by atoms with Crippen LogP contribution in [0.5, 0.6) is 0 Å². The van der Waals surface area contributed by atoms with Gasteiger partial charge in [-0.05, 0) is 73.5 Å². The number of para-hydroxylation sites is 1. The molecule has 31 heavy (non-hydrogen) atoms. The fourth-order valence-corrected chi connectivity index (χ4v) is 5.39. The van der Waals surface area contributed by atoms with Crippen LogP contribution in [-0.4, -0.2) is 53.4 Å². The lowest BCUT2D eigenvalue weighted by Crippen LogP contribution is -2.38. The van der Waals surface area contributed by atoms with Crippen molar-refractivity contribution >= 4 is 16.8 Å². The van der Waals surface area contributed by atoms with E-state index in [1.807, 2.05) is 47.5 Å². The zero-order valence-corrected chi connectivity index (χ0v) is 18.1. The number of aromatic amines is 1. The van der Waals surface area contributed by atoms with Gasteiger partial charge in [-0.25, -0.2) is 4.39 Å². The number of fused-ring (bicyclic) bond motifs is 1. The molecule has 162 valence electrons. The molecule has 1 N–H and O–H groups in total. The molecule has 2 saturated heterocycles. The Labute approximate surface area is 183 Å². The highest BCUT2D eigenvalue weighted by Gasteiger charge is 2.35. The first-order chi connectivity index (χ1) is 15.1. The van der Waals surface area contributed by atoms with Crippen molar-refractivity contribution in [2.24, 2.45) is 11.8 Å². The number of carbonyl (C=O) groups excluding carboxylic acids is 1. The molecule has 1 aromatic heterocycles. The molecule has 2 aliphatic rings. The van der Waals surface area contributed by atoms with Gasteiger partial charge in [-0.2, -0.15) is 0 Å². The van der Waals surface area contributed by atoms with Crippen LogP contribution in [0.1, 0.15) is 41.6 Å². The van der Waals surface area contributed by atoms with Gasteiger partial charge in [0.1, 0.15) is 5.82 Å². The largest absolute Gasteiger partial charge is 0.361 e. The molecule has 5 heteroatoms. The Hall–Kier alpha value is -2.66. The van der Waals surface area contributed by atoms with E-state index in [9.17, 15) is 9.18 Å². The maximum atomic E-state index is 13.2. The molecule has 3 aromatic rings. The van der Waals surface area contributed by atoms with E-state index in [1.165, 1.54) is 5.56 Å². The van der Waals surface area contributed by atoms with Gasteiger partial charge in [-0.1, -0.05) is 31.2 Å². The van der Waals surface area contributed by atoms with Gasteiger partial charge in [0, 0.05) is 31.2 Å². The lowest BCUT2D eigenvalue weighted by molar-refractivity contribution is 0.0782. The van der Waals surface area contributed by atoms with Crippen molar-refractivity contribution in [2.75, 3.05) is 32.7 Å². The fraction of sp³-hybridized carbons (Fsp3) is 0.423. The summed E-state index contributed by atoms with van der Waals surface area (Å²) in [6.07, 6.45) is 4.13. The highest BCUT2D eigenvalue weighted by atomic mass is 19.1. The average molecular weight is 420 g/mol. The summed E-state index contributed by atoms with van der Waals surface area (Å²) in [5, 5.41) is 1.08. The summed E-state index contributed by atoms with van der Waals surface area (Å²) >= 11 is 0. The van der Waals surface area contributed by atoms with Gasteiger partial charge in [0.05, 0.1) is 11.1 Å². The molecule has 2 atom stereocenters. The second-order valence-corrected chi connectivity index (χ2v) is 9.32. The quantitative estimate of drug-likeness (QED) is 0.654. The lowest BCUT2D eigenvalue weighted by atomic mass is 9.88. The Kier molecular flexibility index (Phi) is 5.53. The molecular formula is C26H30FN3O. The second kappa shape index (κ2) is 8.46. The van der Waals surface area contributed by atoms with Crippen LogP contribution in [0.15, 0.2) is 54.7 Å². The summed E-state index contributed by atoms with van der Waals surface area (Å²) in [7, 11) is 0. The molecule has 5 rings (SSSR count). The van der Waals surface area contributed by atoms with E-state index in [1.54, 1.807) is 12.1 Å². The zero-order chi connectivity index (χ0) is 21.4. The number of nitrogens with zero attached hydrogens (tertiary/aromatic N) is 2. The van der Waals surface area contributed by atoms with Gasteiger partial charge in [0.15, 0.2) is 0 Å². The van der Waals surface area contributed by atoms with Gasteiger partial charge < -0.3 is 14.8 Å². The number of likely N-dealkylation sites (tertiary alicyclic amines) is 2. The van der Waals surface area contributed by atoms with Crippen LogP contribution in [0.4, 0.5) is 4.39 Å². The number of piperidine rings is 1. The molecule has 0 bridgehead atoms. The third-order valence-corrected chi connectivity index (χ3v) is 7.29. The van der Waals surface area contributed by atoms with Crippen molar-refractivity contribution in [3.63, 3.8) is 0 Å². The number of halogens is 1. The number of benzene rings is 2. The van der Waals surface area contributed by atoms with Crippen LogP contribution in [-0.2, 0) is 0 Å². The molecular weight excluding hydrogens is 389 g/mol. The maximum absolute atomic E-state index is 13.2. The molecule has 4 nitrogen and oxygen atoms in total. The highest BCUT2D eigenvalue weighted by Crippen LogP contribution is 2.31. The predicted molar refractivity (Wildman–Crippen MR) is 122 cm³/mol. The molecule has 2 aliphatic heterocycles. The number of rotatable bonds is 4. The SMILES string of the molecule is CC1CN(C(=O)c2cccc3cc[nH]c23)C[C@H]1CN1CCC(c2ccc(F)cc2)CC1. The van der Waals surface area contributed by atoms with Crippen molar-refractivity contribution in [3.05, 3.63) is 71.7 Å². The Bertz CT molecular complexity index is 1050. The van der Waals surface area contributed by atoms with Gasteiger partial charge in [0.25, 0.3) is 5.91 Å². The van der Waals surface area contributed by atoms with Crippen molar-refractivity contribution < 1.29 is 9.18 Å². The molecule has 1 unspecified atom stereocenters. The monoisotopic (exact) mass is 419 g/mol. The number of nitrogens with one attached hydrogen (secondary N) is 1. The standard InChI is InChI=1S/C26H30FN3O/c1-18-15-30(26(31)24-4-2-3-21-9-12-28-25(21)24)17-22(18)16-29-13-10-20(11-14-29)19-5-7-23(27)8-6-19/h2-9,12,18,20,22,28H,10-11,13-17H2,1H3/t18?,22-/m1/s1. The third-order valence-electron chi connectivity index (χ3n) is 7.29. The first kappa shape index (κ1) is 20.3. The summed E-state index contributed by atoms with van der Waals surface area (Å²) in [4.78, 5) is 21.1. The van der Waals surface area contributed by atoms with Crippen molar-refractivity contribution in [1.29, 1.82) is 0 Å². The molecule has 2 aromatic carbocycles. The van der Waals surface area contributed by atoms with Crippen molar-refractivity contribution in [2.45, 2.75) is 25.7 Å². The summed E-state index contributed by atoms with van der Waals surface area (Å²) in [5.74, 6) is 1.51. The predicted octanol–water partition coefficient (Wildman–Crippen LogP) is 4.89. The number of hydrogen-bond donors (Lipinski definition) is 1. The van der Waals surface area contributed by atoms with E-state index < -0.39 is 0 Å². The van der Waals surface area contributed by atoms with Crippen LogP contribution in [0.2, 0.25) is 0 Å². The zero-order valence-electron chi connectivity index (χ0n) is 18.1. The van der Waals surface area contributed by atoms with Gasteiger partial charge in [0.2, 0.25) is 0 Å². The van der Waals surface area contributed by atoms with E-state index in [0.29, 0.717) is 17.8 Å². The number of carbonyl (C=O) groups is 1. The molecule has 3 heterocycles. The lowest BCUT2D eigenvalue weighted by Gasteiger charge is -2.34. The number of amides is 1. The van der Waals surface area contributed by atoms with Gasteiger partial charge >= 0.3 is 0 Å². The molecule has 0 spiro atoms. The Morgan fingerprint density at radius 3 is 2.61 bits per heavy atom. The minimum atomic E-state index is -0.164. The Morgan fingerprint density at radius 1 is 1.06 bits per heavy atom. The number of aromatic nitrogens is 1. The van der Waals surface area contributed by atoms with Crippen LogP contribution in [0.3, 0.4) is 0 Å². The van der Waals surface area contributed by atoms with E-state index in [-0.39, 0.29) is 11.7 Å². The first-order valence-electron chi connectivity index (χ1n) is 11.4. The van der Waals surface area contributed by atoms with Crippen LogP contribution < -0.4 is 0 Å². The third kappa shape index (κ3) is 4.11. The molecule has 0 saturated carbocycles. The van der Waals surface area contributed by atoms with Crippen LogP contribution in [0.25, 0.3) is 10.9 Å². The second-order valence-electron chi connectivity index (χ2n) is 9.32. The topological polar surface area (TPSA) is 39.3 Å². The van der Waals surface area contributed by atoms with Crippen LogP contribution in [0, 0.1) is 17.7 Å². The van der Waals surface area contributed by atoms with Crippen molar-refractivity contribution in [3.8, 4) is 0 Å². The Morgan fingerprint density at radius 2 is 1.84 bits per heavy atom. The molecule has 0 aliphatic carbocycles. The summed E-state index contributed by atoms with van der Waals surface area (Å²) in [6.45, 7) is 7.12. The van der Waals surface area contributed by atoms with Crippen molar-refractivity contribution in [1.82, 2.24) is 14.8 Å². The van der Waals surface area contributed by atoms with Crippen LogP contribution >= 0.6 is 0 Å². The molecule has 2 fully saturated rings. The van der Waals surface area contributed by atoms with E-state index in [4.69, 9.17) is 0 Å². The minimum Gasteiger partial charge on any atom is -0.361 e. The summed E-state index contributed by atoms with van der Waals surface area (Å²) in [6, 6.07) is 14.9. The maximum Gasteiger partial charge on any atom is 0.256 e. The normalized spacial score (nSPS) is 23.0. The fourth-order valence-electron chi connectivity index (χ4n) is 5.39. The molecule has 1 amide bonds. The van der Waals surface area contributed by atoms with E-state index >= 15 is 0 Å². The van der Waals surface area contributed by atoms with E-state index in [2.05, 4.69) is 16.8 Å². The number of hydrogen-bond acceptors (Lipinski definition) is 2. The van der Waals surface area contributed by atoms with E-state index in [0.717, 1.165) is 62.0 Å². The summed E-state index contributed by atoms with van der Waals surface area (Å²) in [5.41, 5.74) is 2.97. The first-order valence-corrected chi connectivity index (χ1v) is 11.4. The number of H-pyrrole nitrogens is 1. The average Bonchev–Trinajstić information content (AvgIpc) is 3.41. The van der Waals surface area contributed by atoms with Gasteiger partial charge in [-0.3, -0.25) is 4.79 Å². The minimum absolute atomic E-state index is 0.136. The Balaban J connectivity index is 1.18. The van der Waals surface area contributed by atoms with Gasteiger partial charge in [-0.15, -0.1) is 0 Å². The highest BCUT2D eigenvalue weighted by molar-refractivity contribution is 6.05.